The van der Waals surface area contributed by atoms with E-state index in [0.29, 0.717) is 6.04 Å². The fraction of sp³-hybridized carbons (Fsp3) is 0.786. The van der Waals surface area contributed by atoms with Gasteiger partial charge in [0, 0.05) is 18.5 Å². The Morgan fingerprint density at radius 1 is 1.33 bits per heavy atom. The third-order valence-electron chi connectivity index (χ3n) is 3.71. The van der Waals surface area contributed by atoms with Crippen molar-refractivity contribution in [2.24, 2.45) is 0 Å². The quantitative estimate of drug-likeness (QED) is 0.913. The maximum absolute atomic E-state index is 9.49. The summed E-state index contributed by atoms with van der Waals surface area (Å²) in [5, 5.41) is 10.6. The lowest BCUT2D eigenvalue weighted by Crippen LogP contribution is -2.28. The Hall–Kier alpha value is -0.610. The summed E-state index contributed by atoms with van der Waals surface area (Å²) in [6.07, 6.45) is 5.21. The topological polar surface area (TPSA) is 36.4 Å². The molecule has 2 rings (SSSR count). The number of rotatable bonds is 3. The van der Waals surface area contributed by atoms with E-state index in [1.807, 2.05) is 0 Å². The number of anilines is 1. The van der Waals surface area contributed by atoms with Crippen LogP contribution in [0.2, 0.25) is 0 Å². The van der Waals surface area contributed by atoms with Crippen LogP contribution >= 0.6 is 11.3 Å². The summed E-state index contributed by atoms with van der Waals surface area (Å²) in [6, 6.07) is 0.635. The number of hydrogen-bond acceptors (Lipinski definition) is 4. The maximum Gasteiger partial charge on any atom is 0.185 e. The highest BCUT2D eigenvalue weighted by molar-refractivity contribution is 7.15. The van der Waals surface area contributed by atoms with E-state index in [1.165, 1.54) is 25.7 Å². The zero-order valence-electron chi connectivity index (χ0n) is 11.9. The van der Waals surface area contributed by atoms with Crippen LogP contribution in [0, 0.1) is 0 Å². The number of aliphatic hydroxyl groups is 1. The molecule has 4 heteroatoms. The molecule has 0 bridgehead atoms. The van der Waals surface area contributed by atoms with E-state index in [-0.39, 0.29) is 12.0 Å². The summed E-state index contributed by atoms with van der Waals surface area (Å²) in [7, 11) is 2.14. The molecule has 1 aromatic heterocycles. The Morgan fingerprint density at radius 2 is 1.94 bits per heavy atom. The largest absolute Gasteiger partial charge is 0.391 e. The SMILES string of the molecule is CN(c1nc(C(C)(C)C)c(CO)s1)C1CCCC1. The van der Waals surface area contributed by atoms with E-state index in [2.05, 4.69) is 32.7 Å². The van der Waals surface area contributed by atoms with E-state index < -0.39 is 0 Å². The minimum Gasteiger partial charge on any atom is -0.391 e. The summed E-state index contributed by atoms with van der Waals surface area (Å²) in [5.74, 6) is 0. The van der Waals surface area contributed by atoms with Gasteiger partial charge in [0.15, 0.2) is 5.13 Å². The van der Waals surface area contributed by atoms with Crippen molar-refractivity contribution < 1.29 is 5.11 Å². The van der Waals surface area contributed by atoms with Crippen molar-refractivity contribution in [1.82, 2.24) is 4.98 Å². The van der Waals surface area contributed by atoms with Crippen LogP contribution in [0.5, 0.6) is 0 Å². The molecule has 1 heterocycles. The lowest BCUT2D eigenvalue weighted by molar-refractivity contribution is 0.282. The first kappa shape index (κ1) is 13.8. The molecular formula is C14H24N2OS. The predicted octanol–water partition coefficient (Wildman–Crippen LogP) is 3.31. The van der Waals surface area contributed by atoms with E-state index in [9.17, 15) is 5.11 Å². The van der Waals surface area contributed by atoms with E-state index >= 15 is 0 Å². The fourth-order valence-electron chi connectivity index (χ4n) is 2.63. The molecule has 3 nitrogen and oxygen atoms in total. The van der Waals surface area contributed by atoms with Crippen molar-refractivity contribution in [3.05, 3.63) is 10.6 Å². The summed E-state index contributed by atoms with van der Waals surface area (Å²) in [5.41, 5.74) is 1.05. The third kappa shape index (κ3) is 2.69. The molecule has 0 saturated heterocycles. The van der Waals surface area contributed by atoms with Crippen LogP contribution in [0.4, 0.5) is 5.13 Å². The monoisotopic (exact) mass is 268 g/mol. The van der Waals surface area contributed by atoms with Crippen LogP contribution in [0.1, 0.15) is 57.0 Å². The van der Waals surface area contributed by atoms with Crippen molar-refractivity contribution in [2.45, 2.75) is 64.5 Å². The van der Waals surface area contributed by atoms with Gasteiger partial charge in [-0.15, -0.1) is 0 Å². The number of hydrogen-bond donors (Lipinski definition) is 1. The van der Waals surface area contributed by atoms with Gasteiger partial charge in [-0.05, 0) is 12.8 Å². The van der Waals surface area contributed by atoms with Crippen LogP contribution < -0.4 is 4.90 Å². The lowest BCUT2D eigenvalue weighted by Gasteiger charge is -2.23. The Morgan fingerprint density at radius 3 is 2.39 bits per heavy atom. The lowest BCUT2D eigenvalue weighted by atomic mass is 9.91. The van der Waals surface area contributed by atoms with Gasteiger partial charge in [0.1, 0.15) is 0 Å². The average molecular weight is 268 g/mol. The van der Waals surface area contributed by atoms with Crippen molar-refractivity contribution in [2.75, 3.05) is 11.9 Å². The molecule has 1 aliphatic rings. The Balaban J connectivity index is 2.26. The molecule has 1 fully saturated rings. The van der Waals surface area contributed by atoms with Gasteiger partial charge in [-0.1, -0.05) is 44.9 Å². The van der Waals surface area contributed by atoms with E-state index in [0.717, 1.165) is 15.7 Å². The Bertz CT molecular complexity index is 402. The van der Waals surface area contributed by atoms with Gasteiger partial charge < -0.3 is 10.0 Å². The van der Waals surface area contributed by atoms with Crippen LogP contribution in [0.3, 0.4) is 0 Å². The molecule has 0 aromatic carbocycles. The highest BCUT2D eigenvalue weighted by atomic mass is 32.1. The van der Waals surface area contributed by atoms with Gasteiger partial charge in [-0.3, -0.25) is 0 Å². The second-order valence-corrected chi connectivity index (χ2v) is 7.29. The molecule has 0 unspecified atom stereocenters. The molecule has 1 saturated carbocycles. The predicted molar refractivity (Wildman–Crippen MR) is 77.4 cm³/mol. The smallest absolute Gasteiger partial charge is 0.185 e. The van der Waals surface area contributed by atoms with Crippen molar-refractivity contribution in [3.8, 4) is 0 Å². The minimum atomic E-state index is 0.00330. The number of aliphatic hydroxyl groups excluding tert-OH is 1. The molecule has 1 aliphatic carbocycles. The highest BCUT2D eigenvalue weighted by Crippen LogP contribution is 2.36. The zero-order valence-corrected chi connectivity index (χ0v) is 12.7. The van der Waals surface area contributed by atoms with Gasteiger partial charge in [-0.2, -0.15) is 0 Å². The standard InChI is InChI=1S/C14H24N2OS/c1-14(2,3)12-11(9-17)18-13(15-12)16(4)10-7-5-6-8-10/h10,17H,5-9H2,1-4H3. The molecule has 0 spiro atoms. The average Bonchev–Trinajstić information content (AvgIpc) is 2.96. The minimum absolute atomic E-state index is 0.00330. The Labute approximate surface area is 114 Å². The fourth-order valence-corrected chi connectivity index (χ4v) is 3.79. The van der Waals surface area contributed by atoms with Crippen LogP contribution in [0.25, 0.3) is 0 Å². The van der Waals surface area contributed by atoms with Crippen LogP contribution in [-0.4, -0.2) is 23.2 Å². The van der Waals surface area contributed by atoms with Gasteiger partial charge >= 0.3 is 0 Å². The number of nitrogens with zero attached hydrogens (tertiary/aromatic N) is 2. The van der Waals surface area contributed by atoms with Gasteiger partial charge in [0.05, 0.1) is 17.2 Å². The van der Waals surface area contributed by atoms with Crippen molar-refractivity contribution >= 4 is 16.5 Å². The van der Waals surface area contributed by atoms with Crippen molar-refractivity contribution in [1.29, 1.82) is 0 Å². The summed E-state index contributed by atoms with van der Waals surface area (Å²) >= 11 is 1.65. The second kappa shape index (κ2) is 5.17. The normalized spacial score (nSPS) is 17.4. The molecule has 0 radical (unpaired) electrons. The summed E-state index contributed by atoms with van der Waals surface area (Å²) in [6.45, 7) is 6.56. The molecule has 0 aliphatic heterocycles. The Kier molecular flexibility index (Phi) is 3.97. The number of aromatic nitrogens is 1. The van der Waals surface area contributed by atoms with Crippen LogP contribution in [0.15, 0.2) is 0 Å². The third-order valence-corrected chi connectivity index (χ3v) is 4.84. The molecule has 0 amide bonds. The van der Waals surface area contributed by atoms with Gasteiger partial charge in [0.2, 0.25) is 0 Å². The highest BCUT2D eigenvalue weighted by Gasteiger charge is 2.27. The molecule has 0 atom stereocenters. The molecule has 1 aromatic rings. The van der Waals surface area contributed by atoms with Crippen LogP contribution in [-0.2, 0) is 12.0 Å². The molecule has 102 valence electrons. The first-order valence-corrected chi connectivity index (χ1v) is 7.59. The number of thiazole rings is 1. The molecule has 18 heavy (non-hydrogen) atoms. The second-order valence-electron chi connectivity index (χ2n) is 6.23. The summed E-state index contributed by atoms with van der Waals surface area (Å²) in [4.78, 5) is 8.11. The van der Waals surface area contributed by atoms with Gasteiger partial charge in [0.25, 0.3) is 0 Å². The first-order chi connectivity index (χ1) is 8.43. The van der Waals surface area contributed by atoms with Crippen molar-refractivity contribution in [3.63, 3.8) is 0 Å². The van der Waals surface area contributed by atoms with E-state index in [4.69, 9.17) is 4.98 Å². The summed E-state index contributed by atoms with van der Waals surface area (Å²) < 4.78 is 0. The molecular weight excluding hydrogens is 244 g/mol. The maximum atomic E-state index is 9.49. The van der Waals surface area contributed by atoms with E-state index in [1.54, 1.807) is 11.3 Å². The van der Waals surface area contributed by atoms with Gasteiger partial charge in [-0.25, -0.2) is 4.98 Å². The molecule has 1 N–H and O–H groups in total. The zero-order chi connectivity index (χ0) is 13.3. The first-order valence-electron chi connectivity index (χ1n) is 6.77.